The Morgan fingerprint density at radius 3 is 2.91 bits per heavy atom. The molecule has 0 saturated carbocycles. The number of carbonyl (C=O) groups excluding carboxylic acids is 1. The van der Waals surface area contributed by atoms with Crippen LogP contribution in [0.4, 0.5) is 11.4 Å². The number of amides is 1. The molecule has 0 radical (unpaired) electrons. The first-order valence-electron chi connectivity index (χ1n) is 7.14. The number of nitrogens with zero attached hydrogens (tertiary/aromatic N) is 2. The number of nitrogens with one attached hydrogen (secondary N) is 1. The van der Waals surface area contributed by atoms with E-state index in [4.69, 9.17) is 17.3 Å². The molecule has 3 N–H and O–H groups in total. The summed E-state index contributed by atoms with van der Waals surface area (Å²) in [6.07, 6.45) is 1.83. The summed E-state index contributed by atoms with van der Waals surface area (Å²) in [6, 6.07) is 1.19. The summed E-state index contributed by atoms with van der Waals surface area (Å²) in [6.45, 7) is 5.43. The van der Waals surface area contributed by atoms with Crippen molar-refractivity contribution in [2.24, 2.45) is 0 Å². The molecular formula is C14H19ClN4O3. The summed E-state index contributed by atoms with van der Waals surface area (Å²) < 4.78 is 0. The number of carbonyl (C=O) groups is 1. The number of nitro groups is 1. The number of nitrogens with two attached hydrogens (primary N) is 1. The second-order valence-electron chi connectivity index (χ2n) is 5.31. The van der Waals surface area contributed by atoms with Gasteiger partial charge < -0.3 is 11.1 Å². The predicted octanol–water partition coefficient (Wildman–Crippen LogP) is 2.31. The minimum absolute atomic E-state index is 0.0488. The Morgan fingerprint density at radius 1 is 1.64 bits per heavy atom. The zero-order valence-corrected chi connectivity index (χ0v) is 13.3. The lowest BCUT2D eigenvalue weighted by Gasteiger charge is -2.24. The highest BCUT2D eigenvalue weighted by Crippen LogP contribution is 2.34. The van der Waals surface area contributed by atoms with E-state index in [9.17, 15) is 14.9 Å². The number of nitro benzene ring substituents is 1. The summed E-state index contributed by atoms with van der Waals surface area (Å²) in [4.78, 5) is 25.0. The molecule has 120 valence electrons. The Morgan fingerprint density at radius 2 is 2.32 bits per heavy atom. The Kier molecular flexibility index (Phi) is 4.87. The van der Waals surface area contributed by atoms with Crippen LogP contribution in [0.3, 0.4) is 0 Å². The van der Waals surface area contributed by atoms with Crippen LogP contribution in [-0.2, 0) is 0 Å². The zero-order chi connectivity index (χ0) is 16.4. The van der Waals surface area contributed by atoms with Gasteiger partial charge in [0.05, 0.1) is 21.7 Å². The van der Waals surface area contributed by atoms with E-state index in [0.29, 0.717) is 5.56 Å². The van der Waals surface area contributed by atoms with Crippen molar-refractivity contribution in [1.29, 1.82) is 0 Å². The summed E-state index contributed by atoms with van der Waals surface area (Å²) in [5.74, 6) is -0.368. The van der Waals surface area contributed by atoms with Gasteiger partial charge in [0.2, 0.25) is 0 Å². The van der Waals surface area contributed by atoms with Gasteiger partial charge in [-0.15, -0.1) is 0 Å². The van der Waals surface area contributed by atoms with E-state index < -0.39 is 4.92 Å². The fraction of sp³-hybridized carbons (Fsp3) is 0.500. The molecule has 1 unspecified atom stereocenters. The molecule has 1 atom stereocenters. The van der Waals surface area contributed by atoms with Crippen molar-refractivity contribution in [1.82, 2.24) is 10.2 Å². The number of rotatable bonds is 4. The van der Waals surface area contributed by atoms with E-state index in [-0.39, 0.29) is 34.0 Å². The number of likely N-dealkylation sites (tertiary alicyclic amines) is 1. The molecule has 0 spiro atoms. The van der Waals surface area contributed by atoms with Crippen molar-refractivity contribution in [3.05, 3.63) is 32.3 Å². The van der Waals surface area contributed by atoms with Crippen LogP contribution in [0.15, 0.2) is 6.07 Å². The first kappa shape index (κ1) is 16.5. The van der Waals surface area contributed by atoms with Gasteiger partial charge in [-0.2, -0.15) is 0 Å². The molecule has 0 aliphatic carbocycles. The third kappa shape index (κ3) is 3.00. The molecule has 8 heteroatoms. The number of hydrogen-bond donors (Lipinski definition) is 2. The summed E-state index contributed by atoms with van der Waals surface area (Å²) >= 11 is 6.03. The van der Waals surface area contributed by atoms with Crippen LogP contribution in [0.5, 0.6) is 0 Å². The van der Waals surface area contributed by atoms with Gasteiger partial charge in [-0.25, -0.2) is 0 Å². The fourth-order valence-corrected chi connectivity index (χ4v) is 2.94. The van der Waals surface area contributed by atoms with Crippen molar-refractivity contribution in [2.75, 3.05) is 18.8 Å². The second-order valence-corrected chi connectivity index (χ2v) is 5.69. The average molecular weight is 327 g/mol. The van der Waals surface area contributed by atoms with Gasteiger partial charge in [0, 0.05) is 12.6 Å². The molecular weight excluding hydrogens is 308 g/mol. The summed E-state index contributed by atoms with van der Waals surface area (Å²) in [5.41, 5.74) is 5.82. The van der Waals surface area contributed by atoms with E-state index in [2.05, 4.69) is 10.2 Å². The van der Waals surface area contributed by atoms with Crippen LogP contribution < -0.4 is 11.1 Å². The standard InChI is InChI=1S/C14H19ClN4O3/c1-3-18-6-4-5-11(18)17-14(20)9-7-10(19(21)22)13(16)12(15)8(9)2/h7,11H,3-6,16H2,1-2H3,(H,17,20). The molecule has 1 aliphatic rings. The molecule has 1 amide bonds. The third-order valence-corrected chi connectivity index (χ3v) is 4.52. The maximum absolute atomic E-state index is 12.5. The molecule has 0 bridgehead atoms. The number of hydrogen-bond acceptors (Lipinski definition) is 5. The molecule has 1 fully saturated rings. The zero-order valence-electron chi connectivity index (χ0n) is 12.6. The van der Waals surface area contributed by atoms with Crippen molar-refractivity contribution in [3.63, 3.8) is 0 Å². The Balaban J connectivity index is 2.31. The summed E-state index contributed by atoms with van der Waals surface area (Å²) in [5, 5.41) is 14.0. The van der Waals surface area contributed by atoms with Crippen LogP contribution in [-0.4, -0.2) is 35.0 Å². The lowest BCUT2D eigenvalue weighted by Crippen LogP contribution is -2.44. The normalized spacial score (nSPS) is 18.4. The smallest absolute Gasteiger partial charge is 0.294 e. The van der Waals surface area contributed by atoms with E-state index in [1.807, 2.05) is 6.92 Å². The number of nitrogen functional groups attached to an aromatic ring is 1. The number of anilines is 1. The molecule has 1 aliphatic heterocycles. The van der Waals surface area contributed by atoms with E-state index in [0.717, 1.165) is 25.9 Å². The fourth-order valence-electron chi connectivity index (χ4n) is 2.74. The molecule has 7 nitrogen and oxygen atoms in total. The largest absolute Gasteiger partial charge is 0.392 e. The molecule has 22 heavy (non-hydrogen) atoms. The van der Waals surface area contributed by atoms with Crippen LogP contribution in [0.1, 0.15) is 35.7 Å². The van der Waals surface area contributed by atoms with Gasteiger partial charge in [0.15, 0.2) is 0 Å². The Labute approximate surface area is 133 Å². The van der Waals surface area contributed by atoms with Gasteiger partial charge in [-0.3, -0.25) is 19.8 Å². The Bertz CT molecular complexity index is 621. The highest BCUT2D eigenvalue weighted by atomic mass is 35.5. The topological polar surface area (TPSA) is 102 Å². The van der Waals surface area contributed by atoms with Gasteiger partial charge in [-0.05, 0) is 31.9 Å². The first-order valence-corrected chi connectivity index (χ1v) is 7.52. The van der Waals surface area contributed by atoms with Crippen molar-refractivity contribution < 1.29 is 9.72 Å². The van der Waals surface area contributed by atoms with Crippen molar-refractivity contribution in [2.45, 2.75) is 32.9 Å². The quantitative estimate of drug-likeness (QED) is 0.502. The first-order chi connectivity index (χ1) is 10.4. The Hall–Kier alpha value is -1.86. The third-order valence-electron chi connectivity index (χ3n) is 4.04. The molecule has 1 aromatic rings. The lowest BCUT2D eigenvalue weighted by atomic mass is 10.1. The lowest BCUT2D eigenvalue weighted by molar-refractivity contribution is -0.383. The van der Waals surface area contributed by atoms with Crippen LogP contribution in [0.2, 0.25) is 5.02 Å². The minimum Gasteiger partial charge on any atom is -0.392 e. The molecule has 1 aromatic carbocycles. The SMILES string of the molecule is CCN1CCCC1NC(=O)c1cc([N+](=O)[O-])c(N)c(Cl)c1C. The molecule has 1 heterocycles. The monoisotopic (exact) mass is 326 g/mol. The maximum Gasteiger partial charge on any atom is 0.294 e. The second kappa shape index (κ2) is 6.50. The van der Waals surface area contributed by atoms with E-state index in [1.165, 1.54) is 6.07 Å². The van der Waals surface area contributed by atoms with Gasteiger partial charge in [0.1, 0.15) is 5.69 Å². The van der Waals surface area contributed by atoms with Crippen molar-refractivity contribution in [3.8, 4) is 0 Å². The van der Waals surface area contributed by atoms with Gasteiger partial charge in [0.25, 0.3) is 11.6 Å². The molecule has 1 saturated heterocycles. The number of halogens is 1. The maximum atomic E-state index is 12.5. The predicted molar refractivity (Wildman–Crippen MR) is 85.0 cm³/mol. The van der Waals surface area contributed by atoms with Gasteiger partial charge in [-0.1, -0.05) is 18.5 Å². The van der Waals surface area contributed by atoms with Crippen molar-refractivity contribution >= 4 is 28.9 Å². The minimum atomic E-state index is -0.634. The van der Waals surface area contributed by atoms with Crippen LogP contribution >= 0.6 is 11.6 Å². The molecule has 0 aromatic heterocycles. The number of benzene rings is 1. The van der Waals surface area contributed by atoms with Crippen LogP contribution in [0, 0.1) is 17.0 Å². The summed E-state index contributed by atoms with van der Waals surface area (Å²) in [7, 11) is 0. The van der Waals surface area contributed by atoms with E-state index >= 15 is 0 Å². The van der Waals surface area contributed by atoms with Crippen LogP contribution in [0.25, 0.3) is 0 Å². The highest BCUT2D eigenvalue weighted by Gasteiger charge is 2.28. The molecule has 2 rings (SSSR count). The van der Waals surface area contributed by atoms with E-state index in [1.54, 1.807) is 6.92 Å². The average Bonchev–Trinajstić information content (AvgIpc) is 2.91. The highest BCUT2D eigenvalue weighted by molar-refractivity contribution is 6.35. The van der Waals surface area contributed by atoms with Gasteiger partial charge >= 0.3 is 0 Å².